The summed E-state index contributed by atoms with van der Waals surface area (Å²) >= 11 is 0. The van der Waals surface area contributed by atoms with Crippen molar-refractivity contribution < 1.29 is 8.42 Å². The van der Waals surface area contributed by atoms with Crippen LogP contribution < -0.4 is 15.2 Å². The van der Waals surface area contributed by atoms with Gasteiger partial charge in [-0.1, -0.05) is 13.8 Å². The molecule has 0 aromatic rings. The lowest BCUT2D eigenvalue weighted by Gasteiger charge is -2.30. The highest BCUT2D eigenvalue weighted by Gasteiger charge is 2.33. The molecule has 6 heteroatoms. The van der Waals surface area contributed by atoms with Gasteiger partial charge in [-0.3, -0.25) is 0 Å². The maximum Gasteiger partial charge on any atom is 0.277 e. The zero-order valence-corrected chi connectivity index (χ0v) is 10.2. The van der Waals surface area contributed by atoms with E-state index in [1.807, 2.05) is 13.8 Å². The van der Waals surface area contributed by atoms with Crippen molar-refractivity contribution in [1.82, 2.24) is 9.44 Å². The van der Waals surface area contributed by atoms with Crippen LogP contribution >= 0.6 is 0 Å². The van der Waals surface area contributed by atoms with E-state index in [2.05, 4.69) is 9.44 Å². The molecule has 0 unspecified atom stereocenters. The summed E-state index contributed by atoms with van der Waals surface area (Å²) in [6.45, 7) is 4.21. The molecule has 0 aliphatic heterocycles. The number of nitrogens with two attached hydrogens (primary N) is 1. The summed E-state index contributed by atoms with van der Waals surface area (Å²) in [6.07, 6.45) is 3.28. The van der Waals surface area contributed by atoms with Gasteiger partial charge in [0.15, 0.2) is 0 Å². The van der Waals surface area contributed by atoms with Gasteiger partial charge in [-0.2, -0.15) is 17.9 Å². The Morgan fingerprint density at radius 3 is 2.20 bits per heavy atom. The minimum Gasteiger partial charge on any atom is -0.329 e. The minimum absolute atomic E-state index is 0.131. The van der Waals surface area contributed by atoms with Gasteiger partial charge in [-0.05, 0) is 25.7 Å². The number of rotatable bonds is 7. The Bertz CT molecular complexity index is 286. The van der Waals surface area contributed by atoms with Crippen LogP contribution in [0.15, 0.2) is 0 Å². The van der Waals surface area contributed by atoms with E-state index in [4.69, 9.17) is 5.73 Å². The third kappa shape index (κ3) is 3.71. The first-order valence-corrected chi connectivity index (χ1v) is 6.96. The maximum atomic E-state index is 11.7. The highest BCUT2D eigenvalue weighted by molar-refractivity contribution is 7.87. The predicted molar refractivity (Wildman–Crippen MR) is 60.6 cm³/mol. The zero-order valence-electron chi connectivity index (χ0n) is 9.41. The highest BCUT2D eigenvalue weighted by atomic mass is 32.2. The van der Waals surface area contributed by atoms with Crippen molar-refractivity contribution in [1.29, 1.82) is 0 Å². The van der Waals surface area contributed by atoms with Crippen molar-refractivity contribution >= 4 is 10.2 Å². The van der Waals surface area contributed by atoms with E-state index in [-0.39, 0.29) is 6.04 Å². The summed E-state index contributed by atoms with van der Waals surface area (Å²) in [5, 5.41) is 0. The van der Waals surface area contributed by atoms with Gasteiger partial charge in [0.2, 0.25) is 0 Å². The van der Waals surface area contributed by atoms with Crippen LogP contribution in [0.4, 0.5) is 0 Å². The fourth-order valence-electron chi connectivity index (χ4n) is 1.46. The average Bonchev–Trinajstić information content (AvgIpc) is 2.97. The fourth-order valence-corrected chi connectivity index (χ4v) is 3.14. The zero-order chi connectivity index (χ0) is 11.5. The molecule has 0 bridgehead atoms. The van der Waals surface area contributed by atoms with Crippen LogP contribution in [0, 0.1) is 0 Å². The molecule has 0 aromatic carbocycles. The van der Waals surface area contributed by atoms with Gasteiger partial charge in [0, 0.05) is 18.1 Å². The highest BCUT2D eigenvalue weighted by Crippen LogP contribution is 2.21. The van der Waals surface area contributed by atoms with Gasteiger partial charge >= 0.3 is 0 Å². The molecular formula is C9H21N3O2S. The van der Waals surface area contributed by atoms with Crippen LogP contribution in [0.2, 0.25) is 0 Å². The molecule has 15 heavy (non-hydrogen) atoms. The maximum absolute atomic E-state index is 11.7. The van der Waals surface area contributed by atoms with E-state index in [0.29, 0.717) is 19.4 Å². The van der Waals surface area contributed by atoms with Crippen LogP contribution in [0.25, 0.3) is 0 Å². The first-order valence-electron chi connectivity index (χ1n) is 5.48. The van der Waals surface area contributed by atoms with Gasteiger partial charge in [-0.25, -0.2) is 0 Å². The smallest absolute Gasteiger partial charge is 0.277 e. The molecule has 0 saturated heterocycles. The van der Waals surface area contributed by atoms with Gasteiger partial charge in [0.1, 0.15) is 0 Å². The van der Waals surface area contributed by atoms with Crippen LogP contribution in [0.1, 0.15) is 39.5 Å². The molecule has 4 N–H and O–H groups in total. The average molecular weight is 235 g/mol. The SMILES string of the molecule is CCC(CC)(CN)NS(=O)(=O)NC1CC1. The lowest BCUT2D eigenvalue weighted by Crippen LogP contribution is -2.56. The van der Waals surface area contributed by atoms with Crippen molar-refractivity contribution in [2.75, 3.05) is 6.54 Å². The Morgan fingerprint density at radius 2 is 1.87 bits per heavy atom. The second kappa shape index (κ2) is 4.78. The minimum atomic E-state index is -3.39. The molecule has 1 rings (SSSR count). The molecular weight excluding hydrogens is 214 g/mol. The molecule has 1 saturated carbocycles. The Labute approximate surface area is 92.0 Å². The van der Waals surface area contributed by atoms with E-state index in [0.717, 1.165) is 12.8 Å². The summed E-state index contributed by atoms with van der Waals surface area (Å²) in [5.74, 6) is 0. The first-order chi connectivity index (χ1) is 6.97. The van der Waals surface area contributed by atoms with Gasteiger partial charge in [-0.15, -0.1) is 0 Å². The molecule has 90 valence electrons. The molecule has 1 fully saturated rings. The topological polar surface area (TPSA) is 84.2 Å². The van der Waals surface area contributed by atoms with Gasteiger partial charge < -0.3 is 5.73 Å². The summed E-state index contributed by atoms with van der Waals surface area (Å²) in [6, 6.07) is 0.131. The van der Waals surface area contributed by atoms with Crippen molar-refractivity contribution in [3.63, 3.8) is 0 Å². The lowest BCUT2D eigenvalue weighted by atomic mass is 9.95. The van der Waals surface area contributed by atoms with Crippen molar-refractivity contribution in [3.05, 3.63) is 0 Å². The first kappa shape index (κ1) is 12.9. The van der Waals surface area contributed by atoms with E-state index in [1.165, 1.54) is 0 Å². The molecule has 0 heterocycles. The predicted octanol–water partition coefficient (Wildman–Crippen LogP) is 0.0903. The summed E-state index contributed by atoms with van der Waals surface area (Å²) < 4.78 is 28.6. The normalized spacial score (nSPS) is 18.1. The Kier molecular flexibility index (Phi) is 4.11. The lowest BCUT2D eigenvalue weighted by molar-refractivity contribution is 0.361. The number of hydrogen-bond acceptors (Lipinski definition) is 3. The summed E-state index contributed by atoms with van der Waals surface area (Å²) in [4.78, 5) is 0. The second-order valence-electron chi connectivity index (χ2n) is 4.19. The van der Waals surface area contributed by atoms with Crippen LogP contribution in [0.5, 0.6) is 0 Å². The third-order valence-electron chi connectivity index (χ3n) is 2.99. The Hall–Kier alpha value is -0.170. The summed E-state index contributed by atoms with van der Waals surface area (Å²) in [5.41, 5.74) is 5.13. The molecule has 0 amide bonds. The molecule has 1 aliphatic rings. The monoisotopic (exact) mass is 235 g/mol. The largest absolute Gasteiger partial charge is 0.329 e. The fraction of sp³-hybridized carbons (Fsp3) is 1.00. The van der Waals surface area contributed by atoms with Crippen molar-refractivity contribution in [2.24, 2.45) is 5.73 Å². The molecule has 5 nitrogen and oxygen atoms in total. The van der Waals surface area contributed by atoms with E-state index < -0.39 is 15.7 Å². The second-order valence-corrected chi connectivity index (χ2v) is 5.64. The molecule has 0 atom stereocenters. The van der Waals surface area contributed by atoms with Crippen LogP contribution in [-0.4, -0.2) is 26.5 Å². The van der Waals surface area contributed by atoms with Crippen molar-refractivity contribution in [3.8, 4) is 0 Å². The Balaban J connectivity index is 2.62. The van der Waals surface area contributed by atoms with Crippen LogP contribution in [-0.2, 0) is 10.2 Å². The van der Waals surface area contributed by atoms with E-state index >= 15 is 0 Å². The molecule has 0 aromatic heterocycles. The van der Waals surface area contributed by atoms with E-state index in [9.17, 15) is 8.42 Å². The summed E-state index contributed by atoms with van der Waals surface area (Å²) in [7, 11) is -3.39. The Morgan fingerprint density at radius 1 is 1.33 bits per heavy atom. The molecule has 0 spiro atoms. The van der Waals surface area contributed by atoms with Crippen LogP contribution in [0.3, 0.4) is 0 Å². The van der Waals surface area contributed by atoms with E-state index in [1.54, 1.807) is 0 Å². The number of nitrogens with one attached hydrogen (secondary N) is 2. The molecule has 1 aliphatic carbocycles. The van der Waals surface area contributed by atoms with Gasteiger partial charge in [0.05, 0.1) is 0 Å². The van der Waals surface area contributed by atoms with Gasteiger partial charge in [0.25, 0.3) is 10.2 Å². The van der Waals surface area contributed by atoms with Crippen molar-refractivity contribution in [2.45, 2.75) is 51.1 Å². The standard InChI is InChI=1S/C9H21N3O2S/c1-3-9(4-2,7-10)12-15(13,14)11-8-5-6-8/h8,11-12H,3-7,10H2,1-2H3. The molecule has 0 radical (unpaired) electrons. The number of hydrogen-bond donors (Lipinski definition) is 3. The third-order valence-corrected chi connectivity index (χ3v) is 4.34. The quantitative estimate of drug-likeness (QED) is 0.585.